The van der Waals surface area contributed by atoms with Crippen molar-refractivity contribution in [3.63, 3.8) is 0 Å². The summed E-state index contributed by atoms with van der Waals surface area (Å²) >= 11 is 0. The van der Waals surface area contributed by atoms with Gasteiger partial charge in [0.2, 0.25) is 0 Å². The number of nitrogens with one attached hydrogen (secondary N) is 1. The van der Waals surface area contributed by atoms with Crippen molar-refractivity contribution in [1.82, 2.24) is 5.32 Å². The summed E-state index contributed by atoms with van der Waals surface area (Å²) in [6, 6.07) is 0. The summed E-state index contributed by atoms with van der Waals surface area (Å²) in [4.78, 5) is 0. The van der Waals surface area contributed by atoms with E-state index in [-0.39, 0.29) is 5.54 Å². The van der Waals surface area contributed by atoms with E-state index in [0.29, 0.717) is 0 Å². The van der Waals surface area contributed by atoms with Gasteiger partial charge in [0.15, 0.2) is 0 Å². The summed E-state index contributed by atoms with van der Waals surface area (Å²) in [5.41, 5.74) is 0.182. The summed E-state index contributed by atoms with van der Waals surface area (Å²) in [5.74, 6) is 0. The fraction of sp³-hybridized carbons (Fsp3) is 0.667. The van der Waals surface area contributed by atoms with Crippen LogP contribution in [0, 0.1) is 0 Å². The van der Waals surface area contributed by atoms with Gasteiger partial charge in [-0.15, -0.1) is 0 Å². The quantitative estimate of drug-likeness (QED) is 0.525. The van der Waals surface area contributed by atoms with Gasteiger partial charge >= 0.3 is 0 Å². The maximum atomic E-state index is 3.53. The molecule has 0 radical (unpaired) electrons. The average molecular weight is 99.2 g/mol. The normalized spacial score (nSPS) is 10.7. The third kappa shape index (κ3) is 5.54. The predicted octanol–water partition coefficient (Wildman–Crippen LogP) is 1.52. The SMILES string of the molecule is C=CNC(C)(C)C. The van der Waals surface area contributed by atoms with Gasteiger partial charge in [-0.1, -0.05) is 6.58 Å². The number of rotatable bonds is 1. The molecule has 42 valence electrons. The summed E-state index contributed by atoms with van der Waals surface area (Å²) in [6.45, 7) is 9.81. The lowest BCUT2D eigenvalue weighted by atomic mass is 10.1. The van der Waals surface area contributed by atoms with Crippen LogP contribution in [0.4, 0.5) is 0 Å². The second kappa shape index (κ2) is 2.01. The first-order valence-corrected chi connectivity index (χ1v) is 2.45. The average Bonchev–Trinajstić information content (AvgIpc) is 1.30. The minimum atomic E-state index is 0.182. The lowest BCUT2D eigenvalue weighted by Gasteiger charge is -2.17. The highest BCUT2D eigenvalue weighted by atomic mass is 14.9. The third-order valence-electron chi connectivity index (χ3n) is 0.535. The van der Waals surface area contributed by atoms with Crippen molar-refractivity contribution in [2.45, 2.75) is 26.3 Å². The summed E-state index contributed by atoms with van der Waals surface area (Å²) in [7, 11) is 0. The van der Waals surface area contributed by atoms with E-state index in [1.54, 1.807) is 6.20 Å². The number of hydrogen-bond donors (Lipinski definition) is 1. The maximum absolute atomic E-state index is 3.53. The zero-order valence-corrected chi connectivity index (χ0v) is 5.28. The molecular weight excluding hydrogens is 86.1 g/mol. The molecule has 1 N–H and O–H groups in total. The minimum Gasteiger partial charge on any atom is -0.387 e. The van der Waals surface area contributed by atoms with E-state index in [2.05, 4.69) is 32.7 Å². The molecule has 0 aliphatic carbocycles. The molecule has 0 bridgehead atoms. The molecule has 0 saturated carbocycles. The van der Waals surface area contributed by atoms with Crippen molar-refractivity contribution in [3.8, 4) is 0 Å². The molecule has 0 aromatic rings. The molecule has 7 heavy (non-hydrogen) atoms. The molecule has 0 atom stereocenters. The van der Waals surface area contributed by atoms with E-state index in [1.807, 2.05) is 0 Å². The highest BCUT2D eigenvalue weighted by Gasteiger charge is 2.02. The molecule has 0 aromatic heterocycles. The Balaban J connectivity index is 3.34. The Kier molecular flexibility index (Phi) is 1.88. The van der Waals surface area contributed by atoms with Gasteiger partial charge in [0.25, 0.3) is 0 Å². The molecule has 0 rings (SSSR count). The first kappa shape index (κ1) is 6.54. The molecule has 0 heterocycles. The second-order valence-corrected chi connectivity index (χ2v) is 2.60. The molecule has 0 aliphatic heterocycles. The molecule has 1 heteroatoms. The molecule has 0 amide bonds. The fourth-order valence-electron chi connectivity index (χ4n) is 0.306. The first-order valence-electron chi connectivity index (χ1n) is 2.45. The van der Waals surface area contributed by atoms with Gasteiger partial charge in [-0.3, -0.25) is 0 Å². The highest BCUT2D eigenvalue weighted by Crippen LogP contribution is 1.96. The van der Waals surface area contributed by atoms with Crippen molar-refractivity contribution < 1.29 is 0 Å². The van der Waals surface area contributed by atoms with Crippen LogP contribution < -0.4 is 5.32 Å². The van der Waals surface area contributed by atoms with Gasteiger partial charge in [0, 0.05) is 5.54 Å². The fourth-order valence-corrected chi connectivity index (χ4v) is 0.306. The lowest BCUT2D eigenvalue weighted by molar-refractivity contribution is 0.492. The standard InChI is InChI=1S/C6H13N/c1-5-7-6(2,3)4/h5,7H,1H2,2-4H3. The molecule has 0 fully saturated rings. The zero-order chi connectivity index (χ0) is 5.91. The Bertz CT molecular complexity index is 59.1. The summed E-state index contributed by atoms with van der Waals surface area (Å²) < 4.78 is 0. The van der Waals surface area contributed by atoms with E-state index in [1.165, 1.54) is 0 Å². The van der Waals surface area contributed by atoms with Crippen LogP contribution in [-0.2, 0) is 0 Å². The van der Waals surface area contributed by atoms with Crippen LogP contribution in [0.2, 0.25) is 0 Å². The van der Waals surface area contributed by atoms with Crippen LogP contribution in [0.15, 0.2) is 12.8 Å². The topological polar surface area (TPSA) is 12.0 Å². The Hall–Kier alpha value is -0.460. The molecule has 1 nitrogen and oxygen atoms in total. The van der Waals surface area contributed by atoms with Crippen LogP contribution in [-0.4, -0.2) is 5.54 Å². The minimum absolute atomic E-state index is 0.182. The molecule has 0 unspecified atom stereocenters. The van der Waals surface area contributed by atoms with Crippen molar-refractivity contribution in [3.05, 3.63) is 12.8 Å². The van der Waals surface area contributed by atoms with E-state index in [4.69, 9.17) is 0 Å². The van der Waals surface area contributed by atoms with E-state index in [0.717, 1.165) is 0 Å². The van der Waals surface area contributed by atoms with Gasteiger partial charge in [0.1, 0.15) is 0 Å². The van der Waals surface area contributed by atoms with E-state index in [9.17, 15) is 0 Å². The van der Waals surface area contributed by atoms with E-state index < -0.39 is 0 Å². The predicted molar refractivity (Wildman–Crippen MR) is 33.1 cm³/mol. The Labute approximate surface area is 45.4 Å². The van der Waals surface area contributed by atoms with Crippen LogP contribution in [0.3, 0.4) is 0 Å². The highest BCUT2D eigenvalue weighted by molar-refractivity contribution is 4.77. The lowest BCUT2D eigenvalue weighted by Crippen LogP contribution is -2.30. The Morgan fingerprint density at radius 1 is 1.43 bits per heavy atom. The van der Waals surface area contributed by atoms with Crippen LogP contribution in [0.5, 0.6) is 0 Å². The van der Waals surface area contributed by atoms with Crippen molar-refractivity contribution >= 4 is 0 Å². The Morgan fingerprint density at radius 3 is 1.86 bits per heavy atom. The van der Waals surface area contributed by atoms with Gasteiger partial charge in [-0.2, -0.15) is 0 Å². The molecule has 0 aliphatic rings. The van der Waals surface area contributed by atoms with Crippen molar-refractivity contribution in [2.75, 3.05) is 0 Å². The largest absolute Gasteiger partial charge is 0.387 e. The summed E-state index contributed by atoms with van der Waals surface area (Å²) in [5, 5.41) is 3.05. The zero-order valence-electron chi connectivity index (χ0n) is 5.28. The van der Waals surface area contributed by atoms with E-state index >= 15 is 0 Å². The van der Waals surface area contributed by atoms with Gasteiger partial charge < -0.3 is 5.32 Å². The van der Waals surface area contributed by atoms with Gasteiger partial charge in [-0.05, 0) is 27.0 Å². The molecular formula is C6H13N. The van der Waals surface area contributed by atoms with Gasteiger partial charge in [-0.25, -0.2) is 0 Å². The van der Waals surface area contributed by atoms with Crippen LogP contribution in [0.25, 0.3) is 0 Å². The second-order valence-electron chi connectivity index (χ2n) is 2.60. The Morgan fingerprint density at radius 2 is 1.86 bits per heavy atom. The monoisotopic (exact) mass is 99.1 g/mol. The number of hydrogen-bond acceptors (Lipinski definition) is 1. The van der Waals surface area contributed by atoms with Gasteiger partial charge in [0.05, 0.1) is 0 Å². The van der Waals surface area contributed by atoms with Crippen LogP contribution in [0.1, 0.15) is 20.8 Å². The smallest absolute Gasteiger partial charge is 0.0283 e. The maximum Gasteiger partial charge on any atom is 0.0283 e. The third-order valence-corrected chi connectivity index (χ3v) is 0.535. The van der Waals surface area contributed by atoms with Crippen molar-refractivity contribution in [1.29, 1.82) is 0 Å². The van der Waals surface area contributed by atoms with Crippen molar-refractivity contribution in [2.24, 2.45) is 0 Å². The first-order chi connectivity index (χ1) is 3.06. The molecule has 0 saturated heterocycles. The summed E-state index contributed by atoms with van der Waals surface area (Å²) in [6.07, 6.45) is 1.71. The molecule has 0 spiro atoms. The van der Waals surface area contributed by atoms with Crippen LogP contribution >= 0.6 is 0 Å². The molecule has 0 aromatic carbocycles.